The van der Waals surface area contributed by atoms with Gasteiger partial charge in [0.2, 0.25) is 5.91 Å². The molecule has 2 saturated heterocycles. The van der Waals surface area contributed by atoms with E-state index in [4.69, 9.17) is 4.74 Å². The van der Waals surface area contributed by atoms with Gasteiger partial charge in [0, 0.05) is 38.7 Å². The van der Waals surface area contributed by atoms with Crippen molar-refractivity contribution in [1.82, 2.24) is 10.2 Å². The Morgan fingerprint density at radius 1 is 1.57 bits per heavy atom. The van der Waals surface area contributed by atoms with E-state index in [0.29, 0.717) is 18.4 Å². The van der Waals surface area contributed by atoms with E-state index in [2.05, 4.69) is 5.32 Å². The molecule has 0 bridgehead atoms. The summed E-state index contributed by atoms with van der Waals surface area (Å²) in [6, 6.07) is 0. The Morgan fingerprint density at radius 2 is 2.36 bits per heavy atom. The quantitative estimate of drug-likeness (QED) is 0.685. The molecule has 80 valence electrons. The van der Waals surface area contributed by atoms with Crippen molar-refractivity contribution in [2.24, 2.45) is 5.41 Å². The van der Waals surface area contributed by atoms with Gasteiger partial charge in [0.05, 0.1) is 13.0 Å². The van der Waals surface area contributed by atoms with Crippen molar-refractivity contribution in [3.8, 4) is 0 Å². The van der Waals surface area contributed by atoms with E-state index in [1.54, 1.807) is 7.11 Å². The summed E-state index contributed by atoms with van der Waals surface area (Å²) in [4.78, 5) is 13.6. The van der Waals surface area contributed by atoms with Crippen molar-refractivity contribution in [3.05, 3.63) is 0 Å². The lowest BCUT2D eigenvalue weighted by Crippen LogP contribution is -2.55. The van der Waals surface area contributed by atoms with Crippen LogP contribution in [0.2, 0.25) is 0 Å². The Kier molecular flexibility index (Phi) is 2.74. The minimum absolute atomic E-state index is 0.246. The van der Waals surface area contributed by atoms with Crippen LogP contribution in [0.5, 0.6) is 0 Å². The van der Waals surface area contributed by atoms with Crippen LogP contribution in [0.3, 0.4) is 0 Å². The standard InChI is InChI=1S/C10H18N2O2/c1-14-5-2-9(13)12-4-3-10(8-12)6-11-7-10/h11H,2-8H2,1H3. The highest BCUT2D eigenvalue weighted by Crippen LogP contribution is 2.34. The van der Waals surface area contributed by atoms with E-state index in [1.807, 2.05) is 4.90 Å². The Balaban J connectivity index is 1.79. The molecule has 4 heteroatoms. The molecule has 0 aliphatic carbocycles. The smallest absolute Gasteiger partial charge is 0.224 e. The molecule has 2 aliphatic heterocycles. The lowest BCUT2D eigenvalue weighted by atomic mass is 9.81. The fourth-order valence-corrected chi connectivity index (χ4v) is 2.26. The molecule has 4 nitrogen and oxygen atoms in total. The van der Waals surface area contributed by atoms with Gasteiger partial charge in [0.1, 0.15) is 0 Å². The van der Waals surface area contributed by atoms with Gasteiger partial charge < -0.3 is 15.0 Å². The highest BCUT2D eigenvalue weighted by molar-refractivity contribution is 5.76. The molecule has 14 heavy (non-hydrogen) atoms. The highest BCUT2D eigenvalue weighted by Gasteiger charge is 2.43. The lowest BCUT2D eigenvalue weighted by Gasteiger charge is -2.39. The molecule has 0 aromatic heterocycles. The van der Waals surface area contributed by atoms with Crippen molar-refractivity contribution >= 4 is 5.91 Å². The van der Waals surface area contributed by atoms with Gasteiger partial charge in [-0.05, 0) is 6.42 Å². The molecule has 2 heterocycles. The Morgan fingerprint density at radius 3 is 2.86 bits per heavy atom. The highest BCUT2D eigenvalue weighted by atomic mass is 16.5. The van der Waals surface area contributed by atoms with Crippen LogP contribution in [0.1, 0.15) is 12.8 Å². The van der Waals surface area contributed by atoms with Gasteiger partial charge in [-0.1, -0.05) is 0 Å². The number of ether oxygens (including phenoxy) is 1. The maximum absolute atomic E-state index is 11.7. The largest absolute Gasteiger partial charge is 0.384 e. The second-order valence-corrected chi connectivity index (χ2v) is 4.41. The predicted molar refractivity (Wildman–Crippen MR) is 53.0 cm³/mol. The monoisotopic (exact) mass is 198 g/mol. The number of methoxy groups -OCH3 is 1. The van der Waals surface area contributed by atoms with Crippen LogP contribution in [0.25, 0.3) is 0 Å². The molecule has 1 N–H and O–H groups in total. The van der Waals surface area contributed by atoms with Crippen molar-refractivity contribution in [1.29, 1.82) is 0 Å². The first-order valence-corrected chi connectivity index (χ1v) is 5.23. The minimum atomic E-state index is 0.246. The normalized spacial score (nSPS) is 23.9. The third-order valence-corrected chi connectivity index (χ3v) is 3.31. The third kappa shape index (κ3) is 1.77. The van der Waals surface area contributed by atoms with Crippen molar-refractivity contribution in [2.75, 3.05) is 39.9 Å². The summed E-state index contributed by atoms with van der Waals surface area (Å²) in [5.41, 5.74) is 0.419. The summed E-state index contributed by atoms with van der Waals surface area (Å²) in [6.07, 6.45) is 1.69. The molecule has 0 aromatic carbocycles. The van der Waals surface area contributed by atoms with Gasteiger partial charge in [-0.15, -0.1) is 0 Å². The van der Waals surface area contributed by atoms with Gasteiger partial charge in [-0.2, -0.15) is 0 Å². The summed E-state index contributed by atoms with van der Waals surface area (Å²) in [5, 5.41) is 3.28. The molecule has 0 radical (unpaired) electrons. The number of amides is 1. The summed E-state index contributed by atoms with van der Waals surface area (Å²) in [5.74, 6) is 0.246. The Hall–Kier alpha value is -0.610. The molecular formula is C10H18N2O2. The molecule has 2 aliphatic rings. The first-order chi connectivity index (χ1) is 6.76. The van der Waals surface area contributed by atoms with Gasteiger partial charge >= 0.3 is 0 Å². The van der Waals surface area contributed by atoms with E-state index < -0.39 is 0 Å². The molecule has 0 unspecified atom stereocenters. The maximum atomic E-state index is 11.7. The summed E-state index contributed by atoms with van der Waals surface area (Å²) < 4.78 is 4.90. The number of nitrogens with one attached hydrogen (secondary N) is 1. The number of hydrogen-bond acceptors (Lipinski definition) is 3. The van der Waals surface area contributed by atoms with Crippen LogP contribution in [0.15, 0.2) is 0 Å². The van der Waals surface area contributed by atoms with Crippen LogP contribution in [-0.4, -0.2) is 50.7 Å². The van der Waals surface area contributed by atoms with Gasteiger partial charge in [0.25, 0.3) is 0 Å². The van der Waals surface area contributed by atoms with Crippen LogP contribution in [-0.2, 0) is 9.53 Å². The number of rotatable bonds is 3. The van der Waals surface area contributed by atoms with Crippen molar-refractivity contribution in [3.63, 3.8) is 0 Å². The lowest BCUT2D eigenvalue weighted by molar-refractivity contribution is -0.131. The predicted octanol–water partition coefficient (Wildman–Crippen LogP) is -0.155. The molecule has 1 spiro atoms. The van der Waals surface area contributed by atoms with Gasteiger partial charge in [0.15, 0.2) is 0 Å². The van der Waals surface area contributed by atoms with Crippen LogP contribution < -0.4 is 5.32 Å². The average Bonchev–Trinajstić information content (AvgIpc) is 2.58. The Labute approximate surface area is 84.6 Å². The average molecular weight is 198 g/mol. The number of carbonyl (C=O) groups excluding carboxylic acids is 1. The van der Waals surface area contributed by atoms with Crippen LogP contribution in [0, 0.1) is 5.41 Å². The summed E-state index contributed by atoms with van der Waals surface area (Å²) in [6.45, 7) is 4.59. The molecule has 0 aromatic rings. The van der Waals surface area contributed by atoms with Gasteiger partial charge in [-0.25, -0.2) is 0 Å². The number of carbonyl (C=O) groups is 1. The summed E-state index contributed by atoms with van der Waals surface area (Å²) >= 11 is 0. The van der Waals surface area contributed by atoms with E-state index in [-0.39, 0.29) is 5.91 Å². The zero-order valence-corrected chi connectivity index (χ0v) is 8.71. The minimum Gasteiger partial charge on any atom is -0.384 e. The van der Waals surface area contributed by atoms with Crippen molar-refractivity contribution in [2.45, 2.75) is 12.8 Å². The molecule has 0 atom stereocenters. The van der Waals surface area contributed by atoms with E-state index >= 15 is 0 Å². The Bertz CT molecular complexity index is 226. The first-order valence-electron chi connectivity index (χ1n) is 5.23. The molecule has 0 saturated carbocycles. The zero-order chi connectivity index (χ0) is 10.0. The van der Waals surface area contributed by atoms with Gasteiger partial charge in [-0.3, -0.25) is 4.79 Å². The molecule has 2 fully saturated rings. The SMILES string of the molecule is COCCC(=O)N1CCC2(CNC2)C1. The van der Waals surface area contributed by atoms with E-state index in [0.717, 1.165) is 26.2 Å². The molecule has 1 amide bonds. The topological polar surface area (TPSA) is 41.6 Å². The van der Waals surface area contributed by atoms with Crippen molar-refractivity contribution < 1.29 is 9.53 Å². The van der Waals surface area contributed by atoms with Crippen LogP contribution >= 0.6 is 0 Å². The number of likely N-dealkylation sites (tertiary alicyclic amines) is 1. The van der Waals surface area contributed by atoms with E-state index in [9.17, 15) is 4.79 Å². The first kappa shape index (κ1) is 9.93. The molecule has 2 rings (SSSR count). The fourth-order valence-electron chi connectivity index (χ4n) is 2.26. The fraction of sp³-hybridized carbons (Fsp3) is 0.900. The molecular weight excluding hydrogens is 180 g/mol. The maximum Gasteiger partial charge on any atom is 0.224 e. The van der Waals surface area contributed by atoms with Crippen LogP contribution in [0.4, 0.5) is 0 Å². The summed E-state index contributed by atoms with van der Waals surface area (Å²) in [7, 11) is 1.63. The van der Waals surface area contributed by atoms with E-state index in [1.165, 1.54) is 6.42 Å². The second kappa shape index (κ2) is 3.87. The number of nitrogens with zero attached hydrogens (tertiary/aromatic N) is 1. The zero-order valence-electron chi connectivity index (χ0n) is 8.71. The third-order valence-electron chi connectivity index (χ3n) is 3.31. The number of hydrogen-bond donors (Lipinski definition) is 1. The second-order valence-electron chi connectivity index (χ2n) is 4.41.